The highest BCUT2D eigenvalue weighted by Gasteiger charge is 2.15. The van der Waals surface area contributed by atoms with Gasteiger partial charge < -0.3 is 10.0 Å². The number of carbonyl (C=O) groups is 1. The topological polar surface area (TPSA) is 40.5 Å². The van der Waals surface area contributed by atoms with Gasteiger partial charge in [-0.25, -0.2) is 4.79 Å². The van der Waals surface area contributed by atoms with Gasteiger partial charge in [-0.15, -0.1) is 0 Å². The lowest BCUT2D eigenvalue weighted by molar-refractivity contribution is 0.0697. The summed E-state index contributed by atoms with van der Waals surface area (Å²) >= 11 is 5.84. The van der Waals surface area contributed by atoms with Crippen molar-refractivity contribution in [3.63, 3.8) is 0 Å². The smallest absolute Gasteiger partial charge is 0.337 e. The first-order valence-electron chi connectivity index (χ1n) is 5.88. The van der Waals surface area contributed by atoms with E-state index in [4.69, 9.17) is 11.6 Å². The highest BCUT2D eigenvalue weighted by molar-refractivity contribution is 6.31. The quantitative estimate of drug-likeness (QED) is 0.843. The molecule has 0 saturated heterocycles. The van der Waals surface area contributed by atoms with E-state index in [1.54, 1.807) is 12.1 Å². The fourth-order valence-corrected chi connectivity index (χ4v) is 2.02. The second-order valence-electron chi connectivity index (χ2n) is 3.95. The van der Waals surface area contributed by atoms with Gasteiger partial charge in [0.15, 0.2) is 0 Å². The number of rotatable bonds is 6. The molecule has 17 heavy (non-hydrogen) atoms. The normalized spacial score (nSPS) is 10.3. The Morgan fingerprint density at radius 2 is 1.88 bits per heavy atom. The van der Waals surface area contributed by atoms with Crippen LogP contribution in [0.2, 0.25) is 5.02 Å². The van der Waals surface area contributed by atoms with Gasteiger partial charge in [-0.2, -0.15) is 0 Å². The fraction of sp³-hybridized carbons (Fsp3) is 0.462. The Morgan fingerprint density at radius 3 is 2.35 bits per heavy atom. The number of benzene rings is 1. The predicted octanol–water partition coefficient (Wildman–Crippen LogP) is 3.66. The van der Waals surface area contributed by atoms with Crippen LogP contribution in [0.25, 0.3) is 0 Å². The van der Waals surface area contributed by atoms with E-state index in [1.807, 2.05) is 0 Å². The highest BCUT2D eigenvalue weighted by Crippen LogP contribution is 2.25. The summed E-state index contributed by atoms with van der Waals surface area (Å²) in [7, 11) is 0. The number of carboxylic acids is 1. The SMILES string of the molecule is CCCN(CCC)c1ccc(Cl)cc1C(=O)O. The Morgan fingerprint density at radius 1 is 1.29 bits per heavy atom. The van der Waals surface area contributed by atoms with Gasteiger partial charge in [0.25, 0.3) is 0 Å². The first-order chi connectivity index (χ1) is 8.10. The van der Waals surface area contributed by atoms with E-state index >= 15 is 0 Å². The molecule has 1 rings (SSSR count). The summed E-state index contributed by atoms with van der Waals surface area (Å²) in [5, 5.41) is 9.65. The number of hydrogen-bond donors (Lipinski definition) is 1. The van der Waals surface area contributed by atoms with Crippen molar-refractivity contribution in [1.82, 2.24) is 0 Å². The second kappa shape index (κ2) is 6.50. The standard InChI is InChI=1S/C13H18ClNO2/c1-3-7-15(8-4-2)12-6-5-10(14)9-11(12)13(16)17/h5-6,9H,3-4,7-8H2,1-2H3,(H,16,17). The number of nitrogens with zero attached hydrogens (tertiary/aromatic N) is 1. The summed E-state index contributed by atoms with van der Waals surface area (Å²) in [4.78, 5) is 13.3. The van der Waals surface area contributed by atoms with E-state index in [0.29, 0.717) is 5.02 Å². The van der Waals surface area contributed by atoms with Crippen LogP contribution in [0.4, 0.5) is 5.69 Å². The van der Waals surface area contributed by atoms with Crippen LogP contribution < -0.4 is 4.90 Å². The molecule has 1 aromatic rings. The lowest BCUT2D eigenvalue weighted by Crippen LogP contribution is -2.26. The minimum absolute atomic E-state index is 0.277. The maximum absolute atomic E-state index is 11.2. The number of hydrogen-bond acceptors (Lipinski definition) is 2. The summed E-state index contributed by atoms with van der Waals surface area (Å²) in [5.41, 5.74) is 1.03. The Balaban J connectivity index is 3.12. The molecule has 0 fully saturated rings. The molecule has 0 amide bonds. The minimum Gasteiger partial charge on any atom is -0.478 e. The highest BCUT2D eigenvalue weighted by atomic mass is 35.5. The molecule has 0 bridgehead atoms. The lowest BCUT2D eigenvalue weighted by Gasteiger charge is -2.25. The lowest BCUT2D eigenvalue weighted by atomic mass is 10.1. The monoisotopic (exact) mass is 255 g/mol. The van der Waals surface area contributed by atoms with E-state index in [2.05, 4.69) is 18.7 Å². The summed E-state index contributed by atoms with van der Waals surface area (Å²) in [6.45, 7) is 5.88. The molecule has 0 aliphatic rings. The Hall–Kier alpha value is -1.22. The van der Waals surface area contributed by atoms with Crippen LogP contribution in [-0.2, 0) is 0 Å². The molecular weight excluding hydrogens is 238 g/mol. The molecule has 0 heterocycles. The molecule has 0 aliphatic carbocycles. The van der Waals surface area contributed by atoms with Crippen molar-refractivity contribution in [3.8, 4) is 0 Å². The van der Waals surface area contributed by atoms with Gasteiger partial charge >= 0.3 is 5.97 Å². The zero-order chi connectivity index (χ0) is 12.8. The van der Waals surface area contributed by atoms with Crippen molar-refractivity contribution in [1.29, 1.82) is 0 Å². The van der Waals surface area contributed by atoms with Gasteiger partial charge in [-0.05, 0) is 31.0 Å². The molecule has 3 nitrogen and oxygen atoms in total. The van der Waals surface area contributed by atoms with Crippen LogP contribution in [0.15, 0.2) is 18.2 Å². The average molecular weight is 256 g/mol. The van der Waals surface area contributed by atoms with Crippen LogP contribution >= 0.6 is 11.6 Å². The first kappa shape index (κ1) is 13.8. The maximum atomic E-state index is 11.2. The molecule has 0 radical (unpaired) electrons. The van der Waals surface area contributed by atoms with Crippen molar-refractivity contribution >= 4 is 23.3 Å². The second-order valence-corrected chi connectivity index (χ2v) is 4.39. The van der Waals surface area contributed by atoms with Crippen LogP contribution in [-0.4, -0.2) is 24.2 Å². The molecule has 1 aromatic carbocycles. The van der Waals surface area contributed by atoms with Crippen molar-refractivity contribution in [2.45, 2.75) is 26.7 Å². The molecule has 4 heteroatoms. The van der Waals surface area contributed by atoms with Crippen molar-refractivity contribution in [3.05, 3.63) is 28.8 Å². The van der Waals surface area contributed by atoms with Gasteiger partial charge in [0.2, 0.25) is 0 Å². The largest absolute Gasteiger partial charge is 0.478 e. The summed E-state index contributed by atoms with van der Waals surface area (Å²) in [6.07, 6.45) is 1.98. The third-order valence-corrected chi connectivity index (χ3v) is 2.75. The van der Waals surface area contributed by atoms with E-state index in [9.17, 15) is 9.90 Å². The predicted molar refractivity (Wildman–Crippen MR) is 71.2 cm³/mol. The van der Waals surface area contributed by atoms with Gasteiger partial charge in [-0.3, -0.25) is 0 Å². The summed E-state index contributed by atoms with van der Waals surface area (Å²) < 4.78 is 0. The van der Waals surface area contributed by atoms with Crippen molar-refractivity contribution in [2.75, 3.05) is 18.0 Å². The minimum atomic E-state index is -0.931. The molecule has 0 atom stereocenters. The Kier molecular flexibility index (Phi) is 5.29. The number of halogens is 1. The molecule has 94 valence electrons. The summed E-state index contributed by atoms with van der Waals surface area (Å²) in [6, 6.07) is 5.04. The first-order valence-corrected chi connectivity index (χ1v) is 6.25. The average Bonchev–Trinajstić information content (AvgIpc) is 2.28. The molecule has 0 spiro atoms. The van der Waals surface area contributed by atoms with Gasteiger partial charge in [-0.1, -0.05) is 25.4 Å². The third-order valence-electron chi connectivity index (χ3n) is 2.52. The van der Waals surface area contributed by atoms with Crippen LogP contribution in [0.3, 0.4) is 0 Å². The van der Waals surface area contributed by atoms with Crippen LogP contribution in [0.1, 0.15) is 37.0 Å². The zero-order valence-electron chi connectivity index (χ0n) is 10.2. The Bertz CT molecular complexity index is 387. The molecule has 0 aliphatic heterocycles. The van der Waals surface area contributed by atoms with Gasteiger partial charge in [0.1, 0.15) is 0 Å². The fourth-order valence-electron chi connectivity index (χ4n) is 1.85. The number of anilines is 1. The van der Waals surface area contributed by atoms with E-state index in [1.165, 1.54) is 6.07 Å². The van der Waals surface area contributed by atoms with Crippen molar-refractivity contribution < 1.29 is 9.90 Å². The third kappa shape index (κ3) is 3.63. The van der Waals surface area contributed by atoms with Crippen LogP contribution in [0, 0.1) is 0 Å². The van der Waals surface area contributed by atoms with E-state index < -0.39 is 5.97 Å². The molecule has 0 aromatic heterocycles. The molecular formula is C13H18ClNO2. The van der Waals surface area contributed by atoms with E-state index in [-0.39, 0.29) is 5.56 Å². The van der Waals surface area contributed by atoms with Gasteiger partial charge in [0, 0.05) is 18.1 Å². The Labute approximate surface area is 107 Å². The molecule has 0 unspecified atom stereocenters. The number of carboxylic acid groups (broad SMARTS) is 1. The maximum Gasteiger partial charge on any atom is 0.337 e. The molecule has 1 N–H and O–H groups in total. The summed E-state index contributed by atoms with van der Waals surface area (Å²) in [5.74, 6) is -0.931. The van der Waals surface area contributed by atoms with E-state index in [0.717, 1.165) is 31.6 Å². The van der Waals surface area contributed by atoms with Gasteiger partial charge in [0.05, 0.1) is 11.3 Å². The number of aromatic carboxylic acids is 1. The van der Waals surface area contributed by atoms with Crippen molar-refractivity contribution in [2.24, 2.45) is 0 Å². The molecule has 0 saturated carbocycles. The van der Waals surface area contributed by atoms with Crippen LogP contribution in [0.5, 0.6) is 0 Å². The zero-order valence-corrected chi connectivity index (χ0v) is 11.0.